The highest BCUT2D eigenvalue weighted by atomic mass is 16.7. The lowest BCUT2D eigenvalue weighted by atomic mass is 10.0. The van der Waals surface area contributed by atoms with Crippen LogP contribution in [0.1, 0.15) is 31.2 Å². The van der Waals surface area contributed by atoms with Crippen LogP contribution >= 0.6 is 0 Å². The standard InChI is InChI=1S/C19H26N2O3/c22-19(21-8-4-5-9-23-21)11-17-10-16-13-20(14-18(16)24-17)12-15-6-2-1-3-7-15/h1-3,6-7,16-18H,4-5,8-14H2/t16-,17+,18+/m1/s1. The lowest BCUT2D eigenvalue weighted by molar-refractivity contribution is -0.199. The molecule has 0 N–H and O–H groups in total. The molecule has 0 unspecified atom stereocenters. The van der Waals surface area contributed by atoms with E-state index in [9.17, 15) is 4.79 Å². The Morgan fingerprint density at radius 2 is 2.04 bits per heavy atom. The molecule has 0 aromatic heterocycles. The summed E-state index contributed by atoms with van der Waals surface area (Å²) in [6.07, 6.45) is 3.90. The highest BCUT2D eigenvalue weighted by molar-refractivity contribution is 5.75. The molecule has 3 aliphatic heterocycles. The van der Waals surface area contributed by atoms with Gasteiger partial charge in [-0.15, -0.1) is 0 Å². The molecule has 0 radical (unpaired) electrons. The van der Waals surface area contributed by atoms with E-state index in [-0.39, 0.29) is 18.1 Å². The Hall–Kier alpha value is -1.43. The van der Waals surface area contributed by atoms with Crippen LogP contribution < -0.4 is 0 Å². The van der Waals surface area contributed by atoms with E-state index in [1.54, 1.807) is 5.06 Å². The average molecular weight is 330 g/mol. The van der Waals surface area contributed by atoms with Gasteiger partial charge in [0.1, 0.15) is 0 Å². The van der Waals surface area contributed by atoms with Crippen LogP contribution in [0.15, 0.2) is 30.3 Å². The van der Waals surface area contributed by atoms with Crippen LogP contribution in [0.4, 0.5) is 0 Å². The van der Waals surface area contributed by atoms with Crippen molar-refractivity contribution in [1.29, 1.82) is 0 Å². The molecule has 3 heterocycles. The van der Waals surface area contributed by atoms with E-state index >= 15 is 0 Å². The summed E-state index contributed by atoms with van der Waals surface area (Å²) in [4.78, 5) is 20.2. The molecule has 5 heteroatoms. The summed E-state index contributed by atoms with van der Waals surface area (Å²) in [7, 11) is 0. The molecule has 0 bridgehead atoms. The van der Waals surface area contributed by atoms with Crippen molar-refractivity contribution in [1.82, 2.24) is 9.96 Å². The fourth-order valence-corrected chi connectivity index (χ4v) is 4.14. The number of hydroxylamine groups is 2. The van der Waals surface area contributed by atoms with Crippen molar-refractivity contribution >= 4 is 5.91 Å². The molecule has 3 fully saturated rings. The molecule has 3 aliphatic rings. The average Bonchev–Trinajstić information content (AvgIpc) is 3.14. The van der Waals surface area contributed by atoms with E-state index in [2.05, 4.69) is 35.2 Å². The van der Waals surface area contributed by atoms with Gasteiger partial charge in [0.05, 0.1) is 25.2 Å². The summed E-state index contributed by atoms with van der Waals surface area (Å²) in [6, 6.07) is 10.6. The third kappa shape index (κ3) is 3.63. The Morgan fingerprint density at radius 1 is 1.17 bits per heavy atom. The van der Waals surface area contributed by atoms with Crippen LogP contribution in [0.25, 0.3) is 0 Å². The van der Waals surface area contributed by atoms with Gasteiger partial charge in [-0.1, -0.05) is 30.3 Å². The van der Waals surface area contributed by atoms with Gasteiger partial charge >= 0.3 is 0 Å². The van der Waals surface area contributed by atoms with E-state index in [4.69, 9.17) is 9.57 Å². The molecule has 5 nitrogen and oxygen atoms in total. The number of amides is 1. The fraction of sp³-hybridized carbons (Fsp3) is 0.632. The molecule has 3 saturated heterocycles. The maximum atomic E-state index is 12.3. The number of likely N-dealkylation sites (tertiary alicyclic amines) is 1. The quantitative estimate of drug-likeness (QED) is 0.849. The third-order valence-electron chi connectivity index (χ3n) is 5.32. The number of carbonyl (C=O) groups excluding carboxylic acids is 1. The lowest BCUT2D eigenvalue weighted by Gasteiger charge is -2.27. The highest BCUT2D eigenvalue weighted by Gasteiger charge is 2.42. The number of ether oxygens (including phenoxy) is 1. The van der Waals surface area contributed by atoms with Crippen molar-refractivity contribution < 1.29 is 14.4 Å². The Bertz CT molecular complexity index is 545. The predicted molar refractivity (Wildman–Crippen MR) is 90.0 cm³/mol. The summed E-state index contributed by atoms with van der Waals surface area (Å²) >= 11 is 0. The monoisotopic (exact) mass is 330 g/mol. The zero-order valence-corrected chi connectivity index (χ0v) is 14.1. The van der Waals surface area contributed by atoms with Crippen molar-refractivity contribution in [3.8, 4) is 0 Å². The van der Waals surface area contributed by atoms with Crippen LogP contribution in [0.5, 0.6) is 0 Å². The SMILES string of the molecule is O=C(C[C@@H]1C[C@@H]2CN(Cc3ccccc3)C[C@@H]2O1)N1CCCCO1. The molecule has 0 spiro atoms. The highest BCUT2D eigenvalue weighted by Crippen LogP contribution is 2.35. The molecule has 1 aromatic rings. The van der Waals surface area contributed by atoms with Gasteiger partial charge in [0.25, 0.3) is 0 Å². The molecule has 1 amide bonds. The number of nitrogens with zero attached hydrogens (tertiary/aromatic N) is 2. The van der Waals surface area contributed by atoms with Gasteiger partial charge in [-0.25, -0.2) is 5.06 Å². The Kier molecular flexibility index (Phi) is 4.83. The predicted octanol–water partition coefficient (Wildman–Crippen LogP) is 2.22. The minimum atomic E-state index is 0.0666. The second kappa shape index (κ2) is 7.21. The first-order chi connectivity index (χ1) is 11.8. The number of fused-ring (bicyclic) bond motifs is 1. The third-order valence-corrected chi connectivity index (χ3v) is 5.32. The van der Waals surface area contributed by atoms with Crippen LogP contribution in [0, 0.1) is 5.92 Å². The van der Waals surface area contributed by atoms with Crippen molar-refractivity contribution in [2.24, 2.45) is 5.92 Å². The van der Waals surface area contributed by atoms with Gasteiger partial charge in [-0.05, 0) is 24.8 Å². The Labute approximate surface area is 143 Å². The molecule has 3 atom stereocenters. The summed E-state index contributed by atoms with van der Waals surface area (Å²) in [5.41, 5.74) is 1.35. The van der Waals surface area contributed by atoms with E-state index < -0.39 is 0 Å². The first-order valence-corrected chi connectivity index (χ1v) is 9.13. The summed E-state index contributed by atoms with van der Waals surface area (Å²) in [5, 5.41) is 1.54. The molecular formula is C19H26N2O3. The summed E-state index contributed by atoms with van der Waals surface area (Å²) < 4.78 is 6.17. The second-order valence-corrected chi connectivity index (χ2v) is 7.21. The second-order valence-electron chi connectivity index (χ2n) is 7.21. The minimum Gasteiger partial charge on any atom is -0.373 e. The minimum absolute atomic E-state index is 0.0666. The van der Waals surface area contributed by atoms with Gasteiger partial charge in [-0.2, -0.15) is 0 Å². The number of hydrogen-bond donors (Lipinski definition) is 0. The molecule has 24 heavy (non-hydrogen) atoms. The lowest BCUT2D eigenvalue weighted by Crippen LogP contribution is -2.37. The largest absolute Gasteiger partial charge is 0.373 e. The Balaban J connectivity index is 1.24. The molecule has 130 valence electrons. The smallest absolute Gasteiger partial charge is 0.248 e. The van der Waals surface area contributed by atoms with Crippen LogP contribution in [-0.4, -0.2) is 54.3 Å². The normalized spacial score (nSPS) is 30.5. The molecule has 0 aliphatic carbocycles. The maximum absolute atomic E-state index is 12.3. The maximum Gasteiger partial charge on any atom is 0.248 e. The molecule has 4 rings (SSSR count). The first kappa shape index (κ1) is 16.1. The first-order valence-electron chi connectivity index (χ1n) is 9.13. The van der Waals surface area contributed by atoms with E-state index in [0.29, 0.717) is 18.9 Å². The van der Waals surface area contributed by atoms with Gasteiger partial charge in [-0.3, -0.25) is 14.5 Å². The van der Waals surface area contributed by atoms with Gasteiger partial charge in [0.15, 0.2) is 0 Å². The van der Waals surface area contributed by atoms with Gasteiger partial charge in [0.2, 0.25) is 5.91 Å². The number of hydrogen-bond acceptors (Lipinski definition) is 4. The zero-order chi connectivity index (χ0) is 16.4. The molecule has 1 aromatic carbocycles. The Morgan fingerprint density at radius 3 is 2.79 bits per heavy atom. The van der Waals surface area contributed by atoms with Crippen LogP contribution in [-0.2, 0) is 20.9 Å². The van der Waals surface area contributed by atoms with E-state index in [1.165, 1.54) is 5.56 Å². The molecule has 0 saturated carbocycles. The summed E-state index contributed by atoms with van der Waals surface area (Å²) in [5.74, 6) is 0.648. The van der Waals surface area contributed by atoms with Crippen molar-refractivity contribution in [2.75, 3.05) is 26.2 Å². The number of benzene rings is 1. The van der Waals surface area contributed by atoms with E-state index in [0.717, 1.165) is 45.4 Å². The number of rotatable bonds is 4. The molecular weight excluding hydrogens is 304 g/mol. The van der Waals surface area contributed by atoms with Crippen molar-refractivity contribution in [2.45, 2.75) is 44.4 Å². The van der Waals surface area contributed by atoms with Crippen molar-refractivity contribution in [3.05, 3.63) is 35.9 Å². The van der Waals surface area contributed by atoms with Crippen molar-refractivity contribution in [3.63, 3.8) is 0 Å². The fourth-order valence-electron chi connectivity index (χ4n) is 4.14. The van der Waals surface area contributed by atoms with E-state index in [1.807, 2.05) is 0 Å². The van der Waals surface area contributed by atoms with Crippen LogP contribution in [0.3, 0.4) is 0 Å². The zero-order valence-electron chi connectivity index (χ0n) is 14.1. The topological polar surface area (TPSA) is 42.0 Å². The summed E-state index contributed by atoms with van der Waals surface area (Å²) in [6.45, 7) is 4.43. The number of carbonyl (C=O) groups is 1. The van der Waals surface area contributed by atoms with Gasteiger partial charge < -0.3 is 4.74 Å². The van der Waals surface area contributed by atoms with Gasteiger partial charge in [0, 0.05) is 32.1 Å². The van der Waals surface area contributed by atoms with Crippen LogP contribution in [0.2, 0.25) is 0 Å².